The van der Waals surface area contributed by atoms with Crippen molar-refractivity contribution in [3.05, 3.63) is 57.5 Å². The zero-order chi connectivity index (χ0) is 17.3. The second-order valence-corrected chi connectivity index (χ2v) is 5.72. The first-order valence-corrected chi connectivity index (χ1v) is 7.58. The maximum absolute atomic E-state index is 12.7. The molecular weight excluding hydrogens is 306 g/mol. The van der Waals surface area contributed by atoms with Gasteiger partial charge in [0.1, 0.15) is 18.1 Å². The fraction of sp³-hybridized carbons (Fsp3) is 0.263. The summed E-state index contributed by atoms with van der Waals surface area (Å²) in [5.41, 5.74) is 1.97. The summed E-state index contributed by atoms with van der Waals surface area (Å²) in [6.07, 6.45) is 5.31. The molecule has 1 aliphatic heterocycles. The number of carbonyl (C=O) groups excluding carboxylic acids is 1. The molecule has 5 nitrogen and oxygen atoms in total. The third-order valence-electron chi connectivity index (χ3n) is 4.22. The summed E-state index contributed by atoms with van der Waals surface area (Å²) in [5.74, 6) is 2.73. The highest BCUT2D eigenvalue weighted by atomic mass is 16.5. The van der Waals surface area contributed by atoms with Gasteiger partial charge in [0.05, 0.1) is 12.0 Å². The maximum Gasteiger partial charge on any atom is 0.312 e. The molecule has 0 amide bonds. The predicted molar refractivity (Wildman–Crippen MR) is 89.3 cm³/mol. The Balaban J connectivity index is 2.04. The Morgan fingerprint density at radius 1 is 1.33 bits per heavy atom. The molecule has 2 heterocycles. The third kappa shape index (κ3) is 2.79. The Morgan fingerprint density at radius 2 is 2.04 bits per heavy atom. The van der Waals surface area contributed by atoms with Crippen LogP contribution < -0.4 is 15.0 Å². The average molecular weight is 323 g/mol. The molecule has 2 aromatic rings. The van der Waals surface area contributed by atoms with Gasteiger partial charge >= 0.3 is 5.97 Å². The van der Waals surface area contributed by atoms with E-state index >= 15 is 0 Å². The topological polar surface area (TPSA) is 57.5 Å². The van der Waals surface area contributed by atoms with E-state index in [4.69, 9.17) is 15.9 Å². The molecule has 3 rings (SSSR count). The molecule has 0 saturated carbocycles. The Bertz CT molecular complexity index is 887. The van der Waals surface area contributed by atoms with E-state index in [1.54, 1.807) is 36.7 Å². The smallest absolute Gasteiger partial charge is 0.312 e. The molecule has 0 radical (unpaired) electrons. The highest BCUT2D eigenvalue weighted by Gasteiger charge is 2.32. The zero-order valence-electron chi connectivity index (χ0n) is 13.5. The van der Waals surface area contributed by atoms with Crippen LogP contribution in [0.15, 0.2) is 35.1 Å². The van der Waals surface area contributed by atoms with Crippen LogP contribution in [0.2, 0.25) is 0 Å². The van der Waals surface area contributed by atoms with Crippen molar-refractivity contribution in [2.75, 3.05) is 6.61 Å². The molecule has 122 valence electrons. The van der Waals surface area contributed by atoms with Gasteiger partial charge in [0.25, 0.3) is 5.56 Å². The van der Waals surface area contributed by atoms with Gasteiger partial charge < -0.3 is 14.0 Å². The van der Waals surface area contributed by atoms with Crippen molar-refractivity contribution in [3.63, 3.8) is 0 Å². The SMILES string of the molecule is C#CCOc1ccc(C2CC(=O)Oc3cc(C)n(C)c(=O)c32)cc1. The van der Waals surface area contributed by atoms with Gasteiger partial charge in [-0.15, -0.1) is 6.42 Å². The molecule has 0 aliphatic carbocycles. The van der Waals surface area contributed by atoms with Crippen LogP contribution in [0, 0.1) is 19.3 Å². The molecule has 1 aliphatic rings. The van der Waals surface area contributed by atoms with E-state index in [-0.39, 0.29) is 30.5 Å². The molecule has 5 heteroatoms. The molecular formula is C19H17NO4. The number of fused-ring (bicyclic) bond motifs is 1. The lowest BCUT2D eigenvalue weighted by molar-refractivity contribution is -0.135. The van der Waals surface area contributed by atoms with E-state index in [2.05, 4.69) is 5.92 Å². The minimum absolute atomic E-state index is 0.135. The number of benzene rings is 1. The van der Waals surface area contributed by atoms with E-state index in [9.17, 15) is 9.59 Å². The number of aryl methyl sites for hydroxylation is 1. The van der Waals surface area contributed by atoms with Gasteiger partial charge in [-0.05, 0) is 24.6 Å². The number of aromatic nitrogens is 1. The van der Waals surface area contributed by atoms with Crippen molar-refractivity contribution in [3.8, 4) is 23.8 Å². The van der Waals surface area contributed by atoms with Crippen LogP contribution in [0.5, 0.6) is 11.5 Å². The number of carbonyl (C=O) groups is 1. The van der Waals surface area contributed by atoms with E-state index in [1.807, 2.05) is 12.1 Å². The monoisotopic (exact) mass is 323 g/mol. The predicted octanol–water partition coefficient (Wildman–Crippen LogP) is 2.15. The number of nitrogens with zero attached hydrogens (tertiary/aromatic N) is 1. The van der Waals surface area contributed by atoms with Gasteiger partial charge in [0.2, 0.25) is 0 Å². The summed E-state index contributed by atoms with van der Waals surface area (Å²) >= 11 is 0. The molecule has 0 saturated heterocycles. The van der Waals surface area contributed by atoms with Gasteiger partial charge in [0.15, 0.2) is 0 Å². The minimum atomic E-state index is -0.340. The first-order chi connectivity index (χ1) is 11.5. The molecule has 0 fully saturated rings. The summed E-state index contributed by atoms with van der Waals surface area (Å²) in [4.78, 5) is 24.6. The van der Waals surface area contributed by atoms with Crippen molar-refractivity contribution < 1.29 is 14.3 Å². The lowest BCUT2D eigenvalue weighted by Crippen LogP contribution is -2.31. The lowest BCUT2D eigenvalue weighted by Gasteiger charge is -2.25. The van der Waals surface area contributed by atoms with Crippen molar-refractivity contribution >= 4 is 5.97 Å². The summed E-state index contributed by atoms with van der Waals surface area (Å²) in [6, 6.07) is 8.98. The van der Waals surface area contributed by atoms with Gasteiger partial charge in [-0.1, -0.05) is 18.1 Å². The first-order valence-electron chi connectivity index (χ1n) is 7.58. The fourth-order valence-electron chi connectivity index (χ4n) is 2.85. The molecule has 1 atom stereocenters. The number of hydrogen-bond acceptors (Lipinski definition) is 4. The van der Waals surface area contributed by atoms with Crippen molar-refractivity contribution in [1.82, 2.24) is 4.57 Å². The molecule has 1 aromatic carbocycles. The van der Waals surface area contributed by atoms with Crippen LogP contribution >= 0.6 is 0 Å². The summed E-state index contributed by atoms with van der Waals surface area (Å²) in [7, 11) is 1.71. The number of ether oxygens (including phenoxy) is 2. The Hall–Kier alpha value is -3.00. The van der Waals surface area contributed by atoms with Crippen LogP contribution in [-0.2, 0) is 11.8 Å². The third-order valence-corrected chi connectivity index (χ3v) is 4.22. The Kier molecular flexibility index (Phi) is 4.13. The van der Waals surface area contributed by atoms with Gasteiger partial charge in [-0.2, -0.15) is 0 Å². The average Bonchev–Trinajstić information content (AvgIpc) is 2.57. The number of pyridine rings is 1. The lowest BCUT2D eigenvalue weighted by atomic mass is 9.87. The van der Waals surface area contributed by atoms with Crippen LogP contribution in [0.4, 0.5) is 0 Å². The fourth-order valence-corrected chi connectivity index (χ4v) is 2.85. The summed E-state index contributed by atoms with van der Waals surface area (Å²) in [5, 5.41) is 0. The van der Waals surface area contributed by atoms with E-state index in [0.717, 1.165) is 11.3 Å². The maximum atomic E-state index is 12.7. The van der Waals surface area contributed by atoms with E-state index < -0.39 is 0 Å². The second-order valence-electron chi connectivity index (χ2n) is 5.72. The van der Waals surface area contributed by atoms with Crippen LogP contribution in [0.25, 0.3) is 0 Å². The standard InChI is InChI=1S/C19H17NO4/c1-4-9-23-14-7-5-13(6-8-14)15-11-17(21)24-16-10-12(2)20(3)19(22)18(15)16/h1,5-8,10,15H,9,11H2,2-3H3. The Labute approximate surface area is 139 Å². The summed E-state index contributed by atoms with van der Waals surface area (Å²) in [6.45, 7) is 1.99. The quantitative estimate of drug-likeness (QED) is 0.641. The van der Waals surface area contributed by atoms with E-state index in [0.29, 0.717) is 17.1 Å². The number of hydrogen-bond donors (Lipinski definition) is 0. The van der Waals surface area contributed by atoms with Crippen molar-refractivity contribution in [1.29, 1.82) is 0 Å². The van der Waals surface area contributed by atoms with Crippen molar-refractivity contribution in [2.45, 2.75) is 19.3 Å². The molecule has 0 spiro atoms. The highest BCUT2D eigenvalue weighted by Crippen LogP contribution is 2.37. The largest absolute Gasteiger partial charge is 0.481 e. The second kappa shape index (κ2) is 6.25. The van der Waals surface area contributed by atoms with Crippen LogP contribution in [-0.4, -0.2) is 17.1 Å². The van der Waals surface area contributed by atoms with Crippen LogP contribution in [0.3, 0.4) is 0 Å². The number of rotatable bonds is 3. The number of esters is 1. The minimum Gasteiger partial charge on any atom is -0.481 e. The normalized spacial score (nSPS) is 16.0. The summed E-state index contributed by atoms with van der Waals surface area (Å²) < 4.78 is 12.2. The highest BCUT2D eigenvalue weighted by molar-refractivity contribution is 5.77. The number of terminal acetylenes is 1. The zero-order valence-corrected chi connectivity index (χ0v) is 13.5. The van der Waals surface area contributed by atoms with Crippen LogP contribution in [0.1, 0.15) is 29.2 Å². The van der Waals surface area contributed by atoms with Crippen molar-refractivity contribution in [2.24, 2.45) is 7.05 Å². The Morgan fingerprint density at radius 3 is 2.71 bits per heavy atom. The van der Waals surface area contributed by atoms with E-state index in [1.165, 1.54) is 0 Å². The molecule has 0 N–H and O–H groups in total. The molecule has 1 unspecified atom stereocenters. The molecule has 0 bridgehead atoms. The van der Waals surface area contributed by atoms with Gasteiger partial charge in [-0.3, -0.25) is 9.59 Å². The molecule has 1 aromatic heterocycles. The first kappa shape index (κ1) is 15.9. The van der Waals surface area contributed by atoms with Gasteiger partial charge in [0, 0.05) is 24.7 Å². The van der Waals surface area contributed by atoms with Gasteiger partial charge in [-0.25, -0.2) is 0 Å². The molecule has 24 heavy (non-hydrogen) atoms.